The molecule has 1 aliphatic rings. The van der Waals surface area contributed by atoms with Gasteiger partial charge in [0.1, 0.15) is 5.75 Å². The van der Waals surface area contributed by atoms with Gasteiger partial charge in [0.15, 0.2) is 0 Å². The predicted molar refractivity (Wildman–Crippen MR) is 72.8 cm³/mol. The average Bonchev–Trinajstić information content (AvgIpc) is 2.38. The van der Waals surface area contributed by atoms with Crippen molar-refractivity contribution in [3.05, 3.63) is 29.3 Å². The Labute approximate surface area is 105 Å². The maximum absolute atomic E-state index is 5.88. The third-order valence-electron chi connectivity index (χ3n) is 3.52. The lowest BCUT2D eigenvalue weighted by Crippen LogP contribution is -2.12. The van der Waals surface area contributed by atoms with Gasteiger partial charge < -0.3 is 4.74 Å². The van der Waals surface area contributed by atoms with E-state index in [1.165, 1.54) is 43.2 Å². The Bertz CT molecular complexity index is 374. The van der Waals surface area contributed by atoms with Crippen LogP contribution in [-0.2, 0) is 11.8 Å². The second-order valence-electron chi connectivity index (χ2n) is 6.09. The summed E-state index contributed by atoms with van der Waals surface area (Å²) in [6.07, 6.45) is 6.30. The molecule has 1 aromatic carbocycles. The first-order valence-electron chi connectivity index (χ1n) is 6.83. The van der Waals surface area contributed by atoms with Crippen molar-refractivity contribution in [2.75, 3.05) is 6.61 Å². The first-order valence-corrected chi connectivity index (χ1v) is 6.83. The molecule has 0 aromatic heterocycles. The highest BCUT2D eigenvalue weighted by molar-refractivity contribution is 5.40. The lowest BCUT2D eigenvalue weighted by Gasteiger charge is -2.21. The Morgan fingerprint density at radius 1 is 1.00 bits per heavy atom. The van der Waals surface area contributed by atoms with Crippen LogP contribution in [0.15, 0.2) is 18.2 Å². The van der Waals surface area contributed by atoms with E-state index in [9.17, 15) is 0 Å². The van der Waals surface area contributed by atoms with Gasteiger partial charge in [-0.05, 0) is 41.9 Å². The van der Waals surface area contributed by atoms with Gasteiger partial charge in [-0.3, -0.25) is 0 Å². The monoisotopic (exact) mass is 232 g/mol. The largest absolute Gasteiger partial charge is 0.493 e. The molecule has 2 rings (SSSR count). The molecule has 94 valence electrons. The van der Waals surface area contributed by atoms with E-state index in [1.54, 1.807) is 0 Å². The van der Waals surface area contributed by atoms with E-state index in [-0.39, 0.29) is 5.41 Å². The van der Waals surface area contributed by atoms with E-state index in [2.05, 4.69) is 39.0 Å². The highest BCUT2D eigenvalue weighted by Crippen LogP contribution is 2.30. The highest BCUT2D eigenvalue weighted by Gasteiger charge is 2.16. The molecule has 1 nitrogen and oxygen atoms in total. The summed E-state index contributed by atoms with van der Waals surface area (Å²) in [5.41, 5.74) is 3.05. The minimum absolute atomic E-state index is 0.230. The van der Waals surface area contributed by atoms with Crippen LogP contribution in [0, 0.1) is 0 Å². The minimum atomic E-state index is 0.230. The molecule has 0 aliphatic carbocycles. The summed E-state index contributed by atoms with van der Waals surface area (Å²) in [6, 6.07) is 6.73. The molecule has 0 fully saturated rings. The van der Waals surface area contributed by atoms with E-state index in [0.29, 0.717) is 0 Å². The topological polar surface area (TPSA) is 9.23 Å². The fourth-order valence-electron chi connectivity index (χ4n) is 2.34. The Hall–Kier alpha value is -0.980. The molecule has 1 heterocycles. The van der Waals surface area contributed by atoms with E-state index in [4.69, 9.17) is 4.74 Å². The first kappa shape index (κ1) is 12.5. The Morgan fingerprint density at radius 3 is 2.53 bits per heavy atom. The van der Waals surface area contributed by atoms with E-state index >= 15 is 0 Å². The fourth-order valence-corrected chi connectivity index (χ4v) is 2.34. The number of fused-ring (bicyclic) bond motifs is 1. The fraction of sp³-hybridized carbons (Fsp3) is 0.625. The van der Waals surface area contributed by atoms with Crippen molar-refractivity contribution < 1.29 is 4.74 Å². The molecule has 0 amide bonds. The number of hydrogen-bond acceptors (Lipinski definition) is 1. The lowest BCUT2D eigenvalue weighted by atomic mass is 9.85. The molecule has 17 heavy (non-hydrogen) atoms. The third kappa shape index (κ3) is 3.24. The number of ether oxygens (including phenoxy) is 1. The van der Waals surface area contributed by atoms with Gasteiger partial charge in [0, 0.05) is 0 Å². The Morgan fingerprint density at radius 2 is 1.76 bits per heavy atom. The van der Waals surface area contributed by atoms with E-state index in [1.807, 2.05) is 0 Å². The smallest absolute Gasteiger partial charge is 0.122 e. The van der Waals surface area contributed by atoms with Crippen molar-refractivity contribution in [3.8, 4) is 5.75 Å². The first-order chi connectivity index (χ1) is 8.07. The second kappa shape index (κ2) is 5.12. The average molecular weight is 232 g/mol. The molecule has 1 aromatic rings. The predicted octanol–water partition coefficient (Wildman–Crippen LogP) is 4.48. The van der Waals surface area contributed by atoms with Crippen molar-refractivity contribution in [3.63, 3.8) is 0 Å². The lowest BCUT2D eigenvalue weighted by molar-refractivity contribution is 0.306. The minimum Gasteiger partial charge on any atom is -0.493 e. The quantitative estimate of drug-likeness (QED) is 0.641. The van der Waals surface area contributed by atoms with Crippen LogP contribution in [0.3, 0.4) is 0 Å². The summed E-state index contributed by atoms with van der Waals surface area (Å²) in [5.74, 6) is 1.11. The van der Waals surface area contributed by atoms with Crippen LogP contribution in [0.1, 0.15) is 57.6 Å². The second-order valence-corrected chi connectivity index (χ2v) is 6.09. The van der Waals surface area contributed by atoms with Crippen molar-refractivity contribution in [1.82, 2.24) is 0 Å². The van der Waals surface area contributed by atoms with E-state index < -0.39 is 0 Å². The molecule has 0 spiro atoms. The van der Waals surface area contributed by atoms with Gasteiger partial charge in [0.05, 0.1) is 6.61 Å². The molecule has 0 saturated carbocycles. The maximum Gasteiger partial charge on any atom is 0.122 e. The van der Waals surface area contributed by atoms with Gasteiger partial charge in [0.25, 0.3) is 0 Å². The van der Waals surface area contributed by atoms with Crippen molar-refractivity contribution in [2.45, 2.75) is 58.3 Å². The molecule has 0 N–H and O–H groups in total. The molecule has 0 saturated heterocycles. The Kier molecular flexibility index (Phi) is 3.76. The van der Waals surface area contributed by atoms with E-state index in [0.717, 1.165) is 12.4 Å². The number of aryl methyl sites for hydroxylation is 1. The molecule has 1 aliphatic heterocycles. The van der Waals surface area contributed by atoms with Crippen molar-refractivity contribution >= 4 is 0 Å². The molecule has 0 unspecified atom stereocenters. The molecular formula is C16H24O. The maximum atomic E-state index is 5.88. The standard InChI is InChI=1S/C16H24O/c1-16(2,3)14-9-10-15-13(12-14)8-6-4-5-7-11-17-15/h9-10,12H,4-8,11H2,1-3H3. The number of hydrogen-bond donors (Lipinski definition) is 0. The van der Waals surface area contributed by atoms with Crippen LogP contribution in [0.25, 0.3) is 0 Å². The summed E-state index contributed by atoms with van der Waals surface area (Å²) in [4.78, 5) is 0. The Balaban J connectivity index is 2.28. The van der Waals surface area contributed by atoms with Crippen LogP contribution in [0.2, 0.25) is 0 Å². The van der Waals surface area contributed by atoms with Crippen molar-refractivity contribution in [1.29, 1.82) is 0 Å². The molecular weight excluding hydrogens is 208 g/mol. The van der Waals surface area contributed by atoms with Gasteiger partial charge in [-0.25, -0.2) is 0 Å². The van der Waals surface area contributed by atoms with Gasteiger partial charge in [-0.15, -0.1) is 0 Å². The summed E-state index contributed by atoms with van der Waals surface area (Å²) in [7, 11) is 0. The molecule has 0 atom stereocenters. The van der Waals surface area contributed by atoms with Crippen molar-refractivity contribution in [2.24, 2.45) is 0 Å². The van der Waals surface area contributed by atoms with Gasteiger partial charge in [-0.2, -0.15) is 0 Å². The van der Waals surface area contributed by atoms with Crippen LogP contribution in [0.5, 0.6) is 5.75 Å². The summed E-state index contributed by atoms with van der Waals surface area (Å²) in [5, 5.41) is 0. The zero-order valence-electron chi connectivity index (χ0n) is 11.4. The molecule has 0 radical (unpaired) electrons. The molecule has 1 heteroatoms. The molecule has 0 bridgehead atoms. The number of rotatable bonds is 0. The van der Waals surface area contributed by atoms with Gasteiger partial charge in [-0.1, -0.05) is 45.7 Å². The van der Waals surface area contributed by atoms with Crippen LogP contribution in [-0.4, -0.2) is 6.61 Å². The zero-order valence-corrected chi connectivity index (χ0v) is 11.4. The van der Waals surface area contributed by atoms with Gasteiger partial charge >= 0.3 is 0 Å². The van der Waals surface area contributed by atoms with Gasteiger partial charge in [0.2, 0.25) is 0 Å². The van der Waals surface area contributed by atoms with Crippen LogP contribution in [0.4, 0.5) is 0 Å². The van der Waals surface area contributed by atoms with Crippen LogP contribution >= 0.6 is 0 Å². The number of benzene rings is 1. The summed E-state index contributed by atoms with van der Waals surface area (Å²) < 4.78 is 5.88. The zero-order chi connectivity index (χ0) is 12.3. The SMILES string of the molecule is CC(C)(C)c1ccc2c(c1)CCCCCCO2. The summed E-state index contributed by atoms with van der Waals surface area (Å²) >= 11 is 0. The normalized spacial score (nSPS) is 17.4. The van der Waals surface area contributed by atoms with Crippen LogP contribution < -0.4 is 4.74 Å². The summed E-state index contributed by atoms with van der Waals surface area (Å²) in [6.45, 7) is 7.68. The highest BCUT2D eigenvalue weighted by atomic mass is 16.5. The third-order valence-corrected chi connectivity index (χ3v) is 3.52.